The van der Waals surface area contributed by atoms with Gasteiger partial charge in [-0.2, -0.15) is 5.10 Å². The maximum Gasteiger partial charge on any atom is 0.255 e. The molecule has 0 aliphatic carbocycles. The largest absolute Gasteiger partial charge is 0.327 e. The van der Waals surface area contributed by atoms with Gasteiger partial charge < -0.3 is 10.2 Å². The van der Waals surface area contributed by atoms with Gasteiger partial charge in [0.15, 0.2) is 0 Å². The topological polar surface area (TPSA) is 67.2 Å². The average molecular weight is 469 g/mol. The van der Waals surface area contributed by atoms with Gasteiger partial charge in [-0.1, -0.05) is 75.4 Å². The van der Waals surface area contributed by atoms with Crippen LogP contribution in [0, 0.1) is 0 Å². The van der Waals surface area contributed by atoms with Gasteiger partial charge in [0.05, 0.1) is 11.4 Å². The molecule has 0 aliphatic rings. The molecule has 0 atom stereocenters. The molecule has 1 aromatic heterocycles. The van der Waals surface area contributed by atoms with Crippen LogP contribution in [0.3, 0.4) is 0 Å². The predicted octanol–water partition coefficient (Wildman–Crippen LogP) is 5.81. The Balaban J connectivity index is 1.61. The highest BCUT2D eigenvalue weighted by atomic mass is 16.2. The van der Waals surface area contributed by atoms with Gasteiger partial charge in [0.25, 0.3) is 5.91 Å². The number of carbonyl (C=O) groups is 2. The number of nitrogens with one attached hydrogen (secondary N) is 1. The van der Waals surface area contributed by atoms with Crippen LogP contribution in [0.25, 0.3) is 16.5 Å². The fraction of sp³-hybridized carbons (Fsp3) is 0.276. The molecule has 1 N–H and O–H groups in total. The van der Waals surface area contributed by atoms with Crippen molar-refractivity contribution in [2.24, 2.45) is 0 Å². The molecule has 0 unspecified atom stereocenters. The molecular weight excluding hydrogens is 436 g/mol. The maximum atomic E-state index is 13.5. The monoisotopic (exact) mass is 468 g/mol. The number of amides is 2. The van der Waals surface area contributed by atoms with Gasteiger partial charge in [0, 0.05) is 23.1 Å². The van der Waals surface area contributed by atoms with Crippen molar-refractivity contribution in [3.63, 3.8) is 0 Å². The normalized spacial score (nSPS) is 11.6. The summed E-state index contributed by atoms with van der Waals surface area (Å²) in [6.07, 6.45) is 0. The van der Waals surface area contributed by atoms with Crippen molar-refractivity contribution in [2.45, 2.75) is 46.1 Å². The molecule has 3 aromatic carbocycles. The van der Waals surface area contributed by atoms with Gasteiger partial charge in [0.2, 0.25) is 5.91 Å². The van der Waals surface area contributed by atoms with Crippen LogP contribution in [0.1, 0.15) is 50.7 Å². The Bertz CT molecular complexity index is 1340. The highest BCUT2D eigenvalue weighted by Crippen LogP contribution is 2.26. The van der Waals surface area contributed by atoms with Gasteiger partial charge in [-0.05, 0) is 42.8 Å². The minimum absolute atomic E-state index is 0.0649. The number of hydrogen-bond donors (Lipinski definition) is 1. The van der Waals surface area contributed by atoms with E-state index in [1.807, 2.05) is 92.7 Å². The van der Waals surface area contributed by atoms with E-state index in [0.29, 0.717) is 11.4 Å². The highest BCUT2D eigenvalue weighted by molar-refractivity contribution is 6.08. The van der Waals surface area contributed by atoms with Crippen molar-refractivity contribution < 1.29 is 9.59 Å². The molecule has 0 aliphatic heterocycles. The van der Waals surface area contributed by atoms with E-state index >= 15 is 0 Å². The van der Waals surface area contributed by atoms with E-state index < -0.39 is 0 Å². The van der Waals surface area contributed by atoms with Crippen LogP contribution in [0.4, 0.5) is 5.82 Å². The van der Waals surface area contributed by atoms with E-state index in [9.17, 15) is 9.59 Å². The zero-order valence-electron chi connectivity index (χ0n) is 20.9. The number of carbonyl (C=O) groups excluding carboxylic acids is 2. The predicted molar refractivity (Wildman–Crippen MR) is 141 cm³/mol. The lowest BCUT2D eigenvalue weighted by atomic mass is 9.92. The average Bonchev–Trinajstić information content (AvgIpc) is 3.26. The summed E-state index contributed by atoms with van der Waals surface area (Å²) in [6.45, 7) is 10.0. The number of para-hydroxylation sites is 1. The Labute approximate surface area is 206 Å². The molecule has 0 spiro atoms. The van der Waals surface area contributed by atoms with Crippen molar-refractivity contribution in [2.75, 3.05) is 11.9 Å². The molecule has 2 amide bonds. The standard InChI is InChI=1S/C29H32N4O2/c1-20(2)32(28(35)24-17-11-13-21-12-9-10-16-23(21)24)19-27(34)30-26-18-25(29(3,4)5)31-33(26)22-14-7-6-8-15-22/h6-18,20H,19H2,1-5H3,(H,30,34). The van der Waals surface area contributed by atoms with Gasteiger partial charge in [-0.25, -0.2) is 4.68 Å². The number of anilines is 1. The number of aromatic nitrogens is 2. The smallest absolute Gasteiger partial charge is 0.255 e. The molecule has 0 fully saturated rings. The third kappa shape index (κ3) is 5.27. The molecule has 4 rings (SSSR count). The van der Waals surface area contributed by atoms with Crippen LogP contribution >= 0.6 is 0 Å². The molecule has 1 heterocycles. The van der Waals surface area contributed by atoms with Gasteiger partial charge in [-0.15, -0.1) is 0 Å². The summed E-state index contributed by atoms with van der Waals surface area (Å²) in [5, 5.41) is 9.63. The zero-order chi connectivity index (χ0) is 25.2. The SMILES string of the molecule is CC(C)N(CC(=O)Nc1cc(C(C)(C)C)nn1-c1ccccc1)C(=O)c1cccc2ccccc12. The van der Waals surface area contributed by atoms with Crippen molar-refractivity contribution in [1.82, 2.24) is 14.7 Å². The Morgan fingerprint density at radius 3 is 2.29 bits per heavy atom. The van der Waals surface area contributed by atoms with Gasteiger partial charge in [-0.3, -0.25) is 9.59 Å². The summed E-state index contributed by atoms with van der Waals surface area (Å²) in [6, 6.07) is 24.9. The summed E-state index contributed by atoms with van der Waals surface area (Å²) >= 11 is 0. The summed E-state index contributed by atoms with van der Waals surface area (Å²) < 4.78 is 1.74. The molecule has 35 heavy (non-hydrogen) atoms. The van der Waals surface area contributed by atoms with E-state index in [2.05, 4.69) is 26.1 Å². The summed E-state index contributed by atoms with van der Waals surface area (Å²) in [5.41, 5.74) is 2.12. The third-order valence-electron chi connectivity index (χ3n) is 5.96. The minimum atomic E-state index is -0.273. The molecule has 0 saturated heterocycles. The Hall–Kier alpha value is -3.93. The second-order valence-corrected chi connectivity index (χ2v) is 10.0. The fourth-order valence-corrected chi connectivity index (χ4v) is 4.00. The number of benzene rings is 3. The summed E-state index contributed by atoms with van der Waals surface area (Å²) in [7, 11) is 0. The first-order valence-corrected chi connectivity index (χ1v) is 11.9. The van der Waals surface area contributed by atoms with Crippen molar-refractivity contribution in [1.29, 1.82) is 0 Å². The van der Waals surface area contributed by atoms with Crippen LogP contribution < -0.4 is 5.32 Å². The van der Waals surface area contributed by atoms with Crippen LogP contribution in [-0.4, -0.2) is 39.1 Å². The fourth-order valence-electron chi connectivity index (χ4n) is 4.00. The Kier molecular flexibility index (Phi) is 6.74. The zero-order valence-corrected chi connectivity index (χ0v) is 20.9. The van der Waals surface area contributed by atoms with E-state index in [4.69, 9.17) is 5.10 Å². The second-order valence-electron chi connectivity index (χ2n) is 10.0. The second kappa shape index (κ2) is 9.74. The lowest BCUT2D eigenvalue weighted by molar-refractivity contribution is -0.117. The molecular formula is C29H32N4O2. The molecule has 0 saturated carbocycles. The lowest BCUT2D eigenvalue weighted by Gasteiger charge is -2.27. The van der Waals surface area contributed by atoms with Crippen molar-refractivity contribution in [3.05, 3.63) is 90.1 Å². The highest BCUT2D eigenvalue weighted by Gasteiger charge is 2.25. The van der Waals surface area contributed by atoms with Gasteiger partial charge >= 0.3 is 0 Å². The Morgan fingerprint density at radius 1 is 0.943 bits per heavy atom. The van der Waals surface area contributed by atoms with Crippen molar-refractivity contribution in [3.8, 4) is 5.69 Å². The van der Waals surface area contributed by atoms with Crippen LogP contribution in [0.5, 0.6) is 0 Å². The van der Waals surface area contributed by atoms with Crippen LogP contribution in [0.2, 0.25) is 0 Å². The maximum absolute atomic E-state index is 13.5. The molecule has 180 valence electrons. The Morgan fingerprint density at radius 2 is 1.60 bits per heavy atom. The summed E-state index contributed by atoms with van der Waals surface area (Å²) in [4.78, 5) is 28.4. The van der Waals surface area contributed by atoms with Crippen molar-refractivity contribution >= 4 is 28.4 Å². The van der Waals surface area contributed by atoms with E-state index in [1.54, 1.807) is 9.58 Å². The molecule has 4 aromatic rings. The lowest BCUT2D eigenvalue weighted by Crippen LogP contribution is -2.42. The molecule has 0 bridgehead atoms. The first kappa shape index (κ1) is 24.2. The van der Waals surface area contributed by atoms with Gasteiger partial charge in [0.1, 0.15) is 12.4 Å². The van der Waals surface area contributed by atoms with E-state index in [0.717, 1.165) is 22.2 Å². The number of nitrogens with zero attached hydrogens (tertiary/aromatic N) is 3. The first-order chi connectivity index (χ1) is 16.6. The number of hydrogen-bond acceptors (Lipinski definition) is 3. The van der Waals surface area contributed by atoms with E-state index in [1.165, 1.54) is 0 Å². The molecule has 6 nitrogen and oxygen atoms in total. The third-order valence-corrected chi connectivity index (χ3v) is 5.96. The first-order valence-electron chi connectivity index (χ1n) is 11.9. The molecule has 0 radical (unpaired) electrons. The number of rotatable bonds is 6. The van der Waals surface area contributed by atoms with Crippen LogP contribution in [-0.2, 0) is 10.2 Å². The minimum Gasteiger partial charge on any atom is -0.327 e. The van der Waals surface area contributed by atoms with E-state index in [-0.39, 0.29) is 29.8 Å². The number of fused-ring (bicyclic) bond motifs is 1. The van der Waals surface area contributed by atoms with Crippen LogP contribution in [0.15, 0.2) is 78.9 Å². The quantitative estimate of drug-likeness (QED) is 0.388. The summed E-state index contributed by atoms with van der Waals surface area (Å²) in [5.74, 6) is 0.135. The molecule has 6 heteroatoms.